The monoisotopic (exact) mass is 382 g/mol. The standard InChI is InChI=1S/C19H14N2O5S/c1-20-18(12-14-4-8-16(25-3)9-5-14)19(21-2)13-15-6-10-17(11-7-15)26-27(22,23)24/h4-13H,3H3,(H,22,23,24)/b18-12-,19-13+. The normalized spacial score (nSPS) is 12.0. The minimum atomic E-state index is -4.60. The zero-order chi connectivity index (χ0) is 19.9. The average Bonchev–Trinajstić information content (AvgIpc) is 2.65. The molecule has 0 aliphatic heterocycles. The second-order valence-corrected chi connectivity index (χ2v) is 6.16. The second kappa shape index (κ2) is 8.68. The SMILES string of the molecule is [C-]#[N+]C(=C\c1ccc(OC)cc1)/C(=C\c1ccc(OS(=O)(=O)O)cc1)[N+]#[C-]. The van der Waals surface area contributed by atoms with Crippen LogP contribution in [0.25, 0.3) is 21.8 Å². The van der Waals surface area contributed by atoms with E-state index >= 15 is 0 Å². The summed E-state index contributed by atoms with van der Waals surface area (Å²) in [5, 5.41) is 0. The summed E-state index contributed by atoms with van der Waals surface area (Å²) in [5.74, 6) is 0.614. The molecule has 0 fully saturated rings. The lowest BCUT2D eigenvalue weighted by atomic mass is 10.1. The Kier molecular flexibility index (Phi) is 6.34. The maximum Gasteiger partial charge on any atom is 0.446 e. The van der Waals surface area contributed by atoms with Crippen LogP contribution in [-0.2, 0) is 10.4 Å². The highest BCUT2D eigenvalue weighted by molar-refractivity contribution is 7.81. The second-order valence-electron chi connectivity index (χ2n) is 5.14. The van der Waals surface area contributed by atoms with Gasteiger partial charge >= 0.3 is 10.4 Å². The van der Waals surface area contributed by atoms with E-state index in [-0.39, 0.29) is 17.1 Å². The molecule has 27 heavy (non-hydrogen) atoms. The number of benzene rings is 2. The molecule has 0 aromatic heterocycles. The maximum absolute atomic E-state index is 10.7. The van der Waals surface area contributed by atoms with E-state index in [0.29, 0.717) is 11.3 Å². The van der Waals surface area contributed by atoms with Crippen molar-refractivity contribution in [2.45, 2.75) is 0 Å². The Hall–Kier alpha value is -3.59. The molecule has 7 nitrogen and oxygen atoms in total. The van der Waals surface area contributed by atoms with Gasteiger partial charge in [-0.15, -0.1) is 0 Å². The summed E-state index contributed by atoms with van der Waals surface area (Å²) >= 11 is 0. The Morgan fingerprint density at radius 2 is 1.30 bits per heavy atom. The first-order chi connectivity index (χ1) is 12.8. The van der Waals surface area contributed by atoms with Crippen molar-refractivity contribution in [3.05, 3.63) is 93.9 Å². The van der Waals surface area contributed by atoms with Gasteiger partial charge in [-0.05, 0) is 35.4 Å². The molecular weight excluding hydrogens is 368 g/mol. The topological polar surface area (TPSA) is 81.5 Å². The molecule has 2 rings (SSSR count). The van der Waals surface area contributed by atoms with Crippen LogP contribution in [0.2, 0.25) is 0 Å². The van der Waals surface area contributed by atoms with E-state index in [1.54, 1.807) is 37.5 Å². The first-order valence-electron chi connectivity index (χ1n) is 7.44. The lowest BCUT2D eigenvalue weighted by Crippen LogP contribution is -2.06. The molecule has 0 bridgehead atoms. The van der Waals surface area contributed by atoms with Gasteiger partial charge < -0.3 is 8.92 Å². The Morgan fingerprint density at radius 3 is 1.63 bits per heavy atom. The van der Waals surface area contributed by atoms with Crippen LogP contribution in [0.5, 0.6) is 11.5 Å². The van der Waals surface area contributed by atoms with Crippen LogP contribution in [-0.4, -0.2) is 20.1 Å². The molecule has 8 heteroatoms. The minimum Gasteiger partial charge on any atom is -0.497 e. The molecule has 0 saturated heterocycles. The van der Waals surface area contributed by atoms with Crippen molar-refractivity contribution in [1.82, 2.24) is 0 Å². The molecule has 136 valence electrons. The molecule has 2 aromatic rings. The molecule has 0 atom stereocenters. The molecule has 2 aromatic carbocycles. The number of nitrogens with zero attached hydrogens (tertiary/aromatic N) is 2. The first-order valence-corrected chi connectivity index (χ1v) is 8.81. The maximum atomic E-state index is 10.7. The highest BCUT2D eigenvalue weighted by Crippen LogP contribution is 2.23. The summed E-state index contributed by atoms with van der Waals surface area (Å²) in [4.78, 5) is 6.82. The number of hydrogen-bond acceptors (Lipinski definition) is 4. The van der Waals surface area contributed by atoms with Crippen LogP contribution in [0.3, 0.4) is 0 Å². The fourth-order valence-electron chi connectivity index (χ4n) is 2.08. The van der Waals surface area contributed by atoms with Crippen molar-refractivity contribution < 1.29 is 21.9 Å². The van der Waals surface area contributed by atoms with Crippen LogP contribution >= 0.6 is 0 Å². The van der Waals surface area contributed by atoms with E-state index in [4.69, 9.17) is 22.4 Å². The summed E-state index contributed by atoms with van der Waals surface area (Å²) < 4.78 is 39.4. The molecule has 0 radical (unpaired) electrons. The Labute approximate surface area is 157 Å². The minimum absolute atomic E-state index is 0.0711. The highest BCUT2D eigenvalue weighted by atomic mass is 32.3. The van der Waals surface area contributed by atoms with Crippen molar-refractivity contribution in [2.24, 2.45) is 0 Å². The molecular formula is C19H14N2O5S. The molecule has 0 saturated carbocycles. The lowest BCUT2D eigenvalue weighted by Gasteiger charge is -2.03. The van der Waals surface area contributed by atoms with E-state index in [1.165, 1.54) is 30.3 Å². The lowest BCUT2D eigenvalue weighted by molar-refractivity contribution is 0.387. The number of hydrogen-bond donors (Lipinski definition) is 1. The number of rotatable bonds is 6. The van der Waals surface area contributed by atoms with Crippen molar-refractivity contribution in [3.63, 3.8) is 0 Å². The predicted molar refractivity (Wildman–Crippen MR) is 101 cm³/mol. The fraction of sp³-hybridized carbons (Fsp3) is 0.0526. The van der Waals surface area contributed by atoms with E-state index in [1.807, 2.05) is 0 Å². The van der Waals surface area contributed by atoms with Gasteiger partial charge in [-0.1, -0.05) is 36.4 Å². The van der Waals surface area contributed by atoms with Crippen molar-refractivity contribution in [1.29, 1.82) is 0 Å². The summed E-state index contributed by atoms with van der Waals surface area (Å²) in [6, 6.07) is 12.7. The van der Waals surface area contributed by atoms with E-state index in [2.05, 4.69) is 13.9 Å². The number of methoxy groups -OCH3 is 1. The number of ether oxygens (including phenoxy) is 1. The molecule has 0 amide bonds. The molecule has 1 N–H and O–H groups in total. The summed E-state index contributed by atoms with van der Waals surface area (Å²) in [5.41, 5.74) is 1.60. The van der Waals surface area contributed by atoms with Crippen molar-refractivity contribution in [2.75, 3.05) is 7.11 Å². The third-order valence-corrected chi connectivity index (χ3v) is 3.71. The van der Waals surface area contributed by atoms with Gasteiger partial charge in [-0.2, -0.15) is 8.42 Å². The van der Waals surface area contributed by atoms with Gasteiger partial charge in [0, 0.05) is 0 Å². The molecule has 0 heterocycles. The summed E-state index contributed by atoms with van der Waals surface area (Å²) in [6.45, 7) is 14.7. The third-order valence-electron chi connectivity index (χ3n) is 3.31. The van der Waals surface area contributed by atoms with E-state index in [9.17, 15) is 8.42 Å². The van der Waals surface area contributed by atoms with Gasteiger partial charge in [0.2, 0.25) is 0 Å². The van der Waals surface area contributed by atoms with Crippen molar-refractivity contribution >= 4 is 22.6 Å². The highest BCUT2D eigenvalue weighted by Gasteiger charge is 2.08. The van der Waals surface area contributed by atoms with Gasteiger partial charge in [-0.25, -0.2) is 0 Å². The Balaban J connectivity index is 2.31. The Bertz CT molecular complexity index is 1060. The first kappa shape index (κ1) is 19.7. The zero-order valence-electron chi connectivity index (χ0n) is 14.2. The quantitative estimate of drug-likeness (QED) is 0.462. The van der Waals surface area contributed by atoms with Gasteiger partial charge in [0.25, 0.3) is 0 Å². The van der Waals surface area contributed by atoms with Crippen LogP contribution in [0, 0.1) is 13.1 Å². The van der Waals surface area contributed by atoms with Gasteiger partial charge in [0.1, 0.15) is 11.5 Å². The van der Waals surface area contributed by atoms with Crippen LogP contribution in [0.15, 0.2) is 59.9 Å². The zero-order valence-corrected chi connectivity index (χ0v) is 15.0. The molecule has 0 aliphatic carbocycles. The van der Waals surface area contributed by atoms with Crippen molar-refractivity contribution in [3.8, 4) is 11.5 Å². The van der Waals surface area contributed by atoms with Crippen LogP contribution in [0.1, 0.15) is 11.1 Å². The average molecular weight is 382 g/mol. The fourth-order valence-corrected chi connectivity index (χ4v) is 2.44. The van der Waals surface area contributed by atoms with Gasteiger partial charge in [-0.3, -0.25) is 14.2 Å². The predicted octanol–water partition coefficient (Wildman–Crippen LogP) is 4.10. The van der Waals surface area contributed by atoms with Crippen LogP contribution in [0.4, 0.5) is 0 Å². The van der Waals surface area contributed by atoms with Gasteiger partial charge in [0.15, 0.2) is 11.4 Å². The largest absolute Gasteiger partial charge is 0.497 e. The smallest absolute Gasteiger partial charge is 0.446 e. The third kappa shape index (κ3) is 6.01. The van der Waals surface area contributed by atoms with Gasteiger partial charge in [0.05, 0.1) is 20.3 Å². The molecule has 0 aliphatic rings. The Morgan fingerprint density at radius 1 is 0.889 bits per heavy atom. The van der Waals surface area contributed by atoms with Crippen LogP contribution < -0.4 is 8.92 Å². The molecule has 0 unspecified atom stereocenters. The summed E-state index contributed by atoms with van der Waals surface area (Å²) in [6.07, 6.45) is 3.09. The van der Waals surface area contributed by atoms with E-state index in [0.717, 1.165) is 5.56 Å². The molecule has 0 spiro atoms. The summed E-state index contributed by atoms with van der Waals surface area (Å²) in [7, 11) is -3.04. The van der Waals surface area contributed by atoms with E-state index < -0.39 is 10.4 Å².